The van der Waals surface area contributed by atoms with E-state index < -0.39 is 11.6 Å². The van der Waals surface area contributed by atoms with E-state index in [1.807, 2.05) is 20.8 Å². The van der Waals surface area contributed by atoms with Gasteiger partial charge in [-0.3, -0.25) is 4.79 Å². The van der Waals surface area contributed by atoms with Gasteiger partial charge in [0.1, 0.15) is 5.60 Å². The molecule has 110 valence electrons. The molecule has 1 rings (SSSR count). The van der Waals surface area contributed by atoms with Gasteiger partial charge in [0, 0.05) is 10.6 Å². The van der Waals surface area contributed by atoms with E-state index in [9.17, 15) is 9.59 Å². The van der Waals surface area contributed by atoms with Gasteiger partial charge in [-0.15, -0.1) is 11.8 Å². The molecule has 0 unspecified atom stereocenters. The van der Waals surface area contributed by atoms with Crippen molar-refractivity contribution in [2.75, 3.05) is 18.6 Å². The van der Waals surface area contributed by atoms with Gasteiger partial charge < -0.3 is 15.2 Å². The predicted molar refractivity (Wildman–Crippen MR) is 78.8 cm³/mol. The van der Waals surface area contributed by atoms with Gasteiger partial charge in [-0.1, -0.05) is 0 Å². The molecule has 6 heteroatoms. The molecule has 0 aliphatic rings. The van der Waals surface area contributed by atoms with Crippen LogP contribution in [0.2, 0.25) is 0 Å². The summed E-state index contributed by atoms with van der Waals surface area (Å²) in [6, 6.07) is 4.80. The van der Waals surface area contributed by atoms with E-state index in [4.69, 9.17) is 10.5 Å². The lowest BCUT2D eigenvalue weighted by Gasteiger charge is -2.19. The number of carbonyl (C=O) groups excluding carboxylic acids is 2. The molecule has 0 fully saturated rings. The van der Waals surface area contributed by atoms with Crippen LogP contribution in [-0.2, 0) is 14.3 Å². The molecule has 0 radical (unpaired) electrons. The van der Waals surface area contributed by atoms with E-state index in [1.54, 1.807) is 18.2 Å². The molecule has 0 spiro atoms. The van der Waals surface area contributed by atoms with Crippen molar-refractivity contribution in [1.82, 2.24) is 0 Å². The van der Waals surface area contributed by atoms with Crippen LogP contribution in [-0.4, -0.2) is 30.4 Å². The first-order valence-electron chi connectivity index (χ1n) is 6.05. The average molecular weight is 297 g/mol. The number of ether oxygens (including phenoxy) is 2. The SMILES string of the molecule is COC(=O)c1ccc(N)c(SCC(=O)OC(C)(C)C)c1. The second kappa shape index (κ2) is 6.65. The summed E-state index contributed by atoms with van der Waals surface area (Å²) in [5.41, 5.74) is 6.21. The van der Waals surface area contributed by atoms with Gasteiger partial charge in [0.05, 0.1) is 18.4 Å². The van der Waals surface area contributed by atoms with Crippen LogP contribution in [0.4, 0.5) is 5.69 Å². The Hall–Kier alpha value is -1.69. The minimum atomic E-state index is -0.517. The topological polar surface area (TPSA) is 78.6 Å². The minimum Gasteiger partial charge on any atom is -0.465 e. The van der Waals surface area contributed by atoms with Crippen LogP contribution in [0.5, 0.6) is 0 Å². The molecule has 5 nitrogen and oxygen atoms in total. The molecule has 2 N–H and O–H groups in total. The molecule has 0 heterocycles. The third-order valence-corrected chi connectivity index (χ3v) is 3.24. The van der Waals surface area contributed by atoms with Crippen LogP contribution in [0.25, 0.3) is 0 Å². The number of thioether (sulfide) groups is 1. The molecule has 0 aromatic heterocycles. The second-order valence-corrected chi connectivity index (χ2v) is 6.14. The number of carbonyl (C=O) groups is 2. The number of benzene rings is 1. The van der Waals surface area contributed by atoms with Crippen molar-refractivity contribution in [3.05, 3.63) is 23.8 Å². The lowest BCUT2D eigenvalue weighted by molar-refractivity contribution is -0.151. The van der Waals surface area contributed by atoms with E-state index in [2.05, 4.69) is 4.74 Å². The van der Waals surface area contributed by atoms with Gasteiger partial charge in [-0.25, -0.2) is 4.79 Å². The van der Waals surface area contributed by atoms with Crippen molar-refractivity contribution in [1.29, 1.82) is 0 Å². The monoisotopic (exact) mass is 297 g/mol. The minimum absolute atomic E-state index is 0.131. The molecule has 1 aromatic rings. The van der Waals surface area contributed by atoms with Crippen molar-refractivity contribution in [2.24, 2.45) is 0 Å². The summed E-state index contributed by atoms with van der Waals surface area (Å²) in [7, 11) is 1.31. The smallest absolute Gasteiger partial charge is 0.337 e. The fourth-order valence-electron chi connectivity index (χ4n) is 1.41. The fraction of sp³-hybridized carbons (Fsp3) is 0.429. The normalized spacial score (nSPS) is 11.0. The van der Waals surface area contributed by atoms with Crippen LogP contribution < -0.4 is 5.73 Å². The van der Waals surface area contributed by atoms with Crippen LogP contribution in [0.1, 0.15) is 31.1 Å². The van der Waals surface area contributed by atoms with E-state index in [1.165, 1.54) is 18.9 Å². The largest absolute Gasteiger partial charge is 0.465 e. The average Bonchev–Trinajstić information content (AvgIpc) is 2.34. The second-order valence-electron chi connectivity index (χ2n) is 5.12. The zero-order valence-electron chi connectivity index (χ0n) is 12.1. The van der Waals surface area contributed by atoms with Crippen molar-refractivity contribution in [3.63, 3.8) is 0 Å². The van der Waals surface area contributed by atoms with E-state index in [-0.39, 0.29) is 11.7 Å². The molecule has 0 amide bonds. The Morgan fingerprint density at radius 1 is 1.30 bits per heavy atom. The molecule has 0 aliphatic carbocycles. The highest BCUT2D eigenvalue weighted by Gasteiger charge is 2.17. The van der Waals surface area contributed by atoms with Crippen molar-refractivity contribution in [2.45, 2.75) is 31.3 Å². The Morgan fingerprint density at radius 3 is 2.50 bits per heavy atom. The van der Waals surface area contributed by atoms with Gasteiger partial charge in [-0.2, -0.15) is 0 Å². The third kappa shape index (κ3) is 5.13. The molecule has 0 atom stereocenters. The van der Waals surface area contributed by atoms with Crippen LogP contribution in [0.15, 0.2) is 23.1 Å². The summed E-state index contributed by atoms with van der Waals surface area (Å²) in [5.74, 6) is -0.638. The molecule has 0 saturated carbocycles. The maximum Gasteiger partial charge on any atom is 0.337 e. The third-order valence-electron chi connectivity index (χ3n) is 2.20. The zero-order chi connectivity index (χ0) is 15.3. The summed E-state index contributed by atoms with van der Waals surface area (Å²) in [6.45, 7) is 5.42. The molecule has 0 saturated heterocycles. The summed E-state index contributed by atoms with van der Waals surface area (Å²) in [5, 5.41) is 0. The van der Waals surface area contributed by atoms with Gasteiger partial charge in [0.15, 0.2) is 0 Å². The van der Waals surface area contributed by atoms with E-state index >= 15 is 0 Å². The number of esters is 2. The van der Waals surface area contributed by atoms with Gasteiger partial charge in [0.25, 0.3) is 0 Å². The standard InChI is InChI=1S/C14H19NO4S/c1-14(2,3)19-12(16)8-20-11-7-9(13(17)18-4)5-6-10(11)15/h5-7H,8,15H2,1-4H3. The molecule has 20 heavy (non-hydrogen) atoms. The van der Waals surface area contributed by atoms with Gasteiger partial charge in [-0.05, 0) is 39.0 Å². The van der Waals surface area contributed by atoms with Crippen molar-refractivity contribution in [3.8, 4) is 0 Å². The Labute approximate surface area is 122 Å². The van der Waals surface area contributed by atoms with Crippen molar-refractivity contribution >= 4 is 29.4 Å². The highest BCUT2D eigenvalue weighted by atomic mass is 32.2. The molecular weight excluding hydrogens is 278 g/mol. The number of nitrogens with two attached hydrogens (primary N) is 1. The molecule has 1 aromatic carbocycles. The zero-order valence-corrected chi connectivity index (χ0v) is 12.9. The Kier molecular flexibility index (Phi) is 5.44. The highest BCUT2D eigenvalue weighted by Crippen LogP contribution is 2.27. The quantitative estimate of drug-likeness (QED) is 0.522. The van der Waals surface area contributed by atoms with Crippen LogP contribution >= 0.6 is 11.8 Å². The summed E-state index contributed by atoms with van der Waals surface area (Å²) >= 11 is 1.23. The Bertz CT molecular complexity index is 508. The maximum atomic E-state index is 11.6. The fourth-order valence-corrected chi connectivity index (χ4v) is 2.19. The first kappa shape index (κ1) is 16.4. The molecule has 0 bridgehead atoms. The van der Waals surface area contributed by atoms with Gasteiger partial charge in [0.2, 0.25) is 0 Å². The van der Waals surface area contributed by atoms with Crippen LogP contribution in [0, 0.1) is 0 Å². The van der Waals surface area contributed by atoms with Gasteiger partial charge >= 0.3 is 11.9 Å². The predicted octanol–water partition coefficient (Wildman–Crippen LogP) is 2.49. The Morgan fingerprint density at radius 2 is 1.95 bits per heavy atom. The highest BCUT2D eigenvalue weighted by molar-refractivity contribution is 8.00. The van der Waals surface area contributed by atoms with E-state index in [0.29, 0.717) is 16.1 Å². The first-order chi connectivity index (χ1) is 9.23. The first-order valence-corrected chi connectivity index (χ1v) is 7.04. The summed E-state index contributed by atoms with van der Waals surface area (Å²) < 4.78 is 9.85. The summed E-state index contributed by atoms with van der Waals surface area (Å²) in [6.07, 6.45) is 0. The van der Waals surface area contributed by atoms with E-state index in [0.717, 1.165) is 0 Å². The van der Waals surface area contributed by atoms with Crippen molar-refractivity contribution < 1.29 is 19.1 Å². The number of rotatable bonds is 4. The molecule has 0 aliphatic heterocycles. The lowest BCUT2D eigenvalue weighted by Crippen LogP contribution is -2.24. The number of hydrogen-bond donors (Lipinski definition) is 1. The molecular formula is C14H19NO4S. The number of methoxy groups -OCH3 is 1. The number of nitrogen functional groups attached to an aromatic ring is 1. The van der Waals surface area contributed by atoms with Crippen LogP contribution in [0.3, 0.4) is 0 Å². The lowest BCUT2D eigenvalue weighted by atomic mass is 10.2. The Balaban J connectivity index is 2.72. The number of hydrogen-bond acceptors (Lipinski definition) is 6. The maximum absolute atomic E-state index is 11.6. The summed E-state index contributed by atoms with van der Waals surface area (Å²) in [4.78, 5) is 23.7. The number of anilines is 1.